The zero-order valence-electron chi connectivity index (χ0n) is 17.7. The minimum absolute atomic E-state index is 0.0182. The lowest BCUT2D eigenvalue weighted by Gasteiger charge is -2.23. The third-order valence-corrected chi connectivity index (χ3v) is 5.54. The third kappa shape index (κ3) is 5.77. The van der Waals surface area contributed by atoms with Crippen molar-refractivity contribution in [3.8, 4) is 5.75 Å². The number of hydrogen-bond donors (Lipinski definition) is 0. The average molecular weight is 442 g/mol. The molecule has 1 amide bonds. The lowest BCUT2D eigenvalue weighted by atomic mass is 10.1. The second-order valence-electron chi connectivity index (χ2n) is 7.54. The molecule has 160 valence electrons. The SMILES string of the molecule is O=C(c1ccc(OCc2ccccc2Cl)cc1)N(Cc1ccccc1)Cc1ccccc1. The molecule has 0 bridgehead atoms. The van der Waals surface area contributed by atoms with E-state index in [1.165, 1.54) is 0 Å². The van der Waals surface area contributed by atoms with Gasteiger partial charge in [0.25, 0.3) is 5.91 Å². The minimum Gasteiger partial charge on any atom is -0.489 e. The van der Waals surface area contributed by atoms with Crippen LogP contribution in [0.25, 0.3) is 0 Å². The number of nitrogens with zero attached hydrogens (tertiary/aromatic N) is 1. The van der Waals surface area contributed by atoms with E-state index in [1.54, 1.807) is 0 Å². The lowest BCUT2D eigenvalue weighted by molar-refractivity contribution is 0.0730. The highest BCUT2D eigenvalue weighted by atomic mass is 35.5. The van der Waals surface area contributed by atoms with Gasteiger partial charge < -0.3 is 9.64 Å². The summed E-state index contributed by atoms with van der Waals surface area (Å²) in [5.74, 6) is 0.675. The van der Waals surface area contributed by atoms with E-state index in [1.807, 2.05) is 114 Å². The van der Waals surface area contributed by atoms with Gasteiger partial charge >= 0.3 is 0 Å². The molecule has 0 radical (unpaired) electrons. The number of carbonyl (C=O) groups is 1. The van der Waals surface area contributed by atoms with Gasteiger partial charge in [0.15, 0.2) is 0 Å². The van der Waals surface area contributed by atoms with Crippen LogP contribution in [0, 0.1) is 0 Å². The van der Waals surface area contributed by atoms with Crippen molar-refractivity contribution in [2.24, 2.45) is 0 Å². The van der Waals surface area contributed by atoms with Gasteiger partial charge in [0.05, 0.1) is 0 Å². The van der Waals surface area contributed by atoms with Crippen molar-refractivity contribution < 1.29 is 9.53 Å². The number of rotatable bonds is 8. The Balaban J connectivity index is 1.47. The van der Waals surface area contributed by atoms with Crippen molar-refractivity contribution in [2.45, 2.75) is 19.7 Å². The Kier molecular flexibility index (Phi) is 7.21. The predicted octanol–water partition coefficient (Wildman–Crippen LogP) is 6.76. The van der Waals surface area contributed by atoms with E-state index in [4.69, 9.17) is 16.3 Å². The van der Waals surface area contributed by atoms with Crippen LogP contribution in [-0.2, 0) is 19.7 Å². The molecule has 4 aromatic rings. The third-order valence-electron chi connectivity index (χ3n) is 5.17. The largest absolute Gasteiger partial charge is 0.489 e. The molecule has 0 unspecified atom stereocenters. The summed E-state index contributed by atoms with van der Waals surface area (Å²) in [5, 5.41) is 0.678. The van der Waals surface area contributed by atoms with E-state index in [9.17, 15) is 4.79 Å². The number of halogens is 1. The Morgan fingerprint density at radius 3 is 1.78 bits per heavy atom. The van der Waals surface area contributed by atoms with E-state index in [2.05, 4.69) is 0 Å². The molecule has 0 aromatic heterocycles. The summed E-state index contributed by atoms with van der Waals surface area (Å²) in [6, 6.07) is 35.0. The Morgan fingerprint density at radius 1 is 0.688 bits per heavy atom. The van der Waals surface area contributed by atoms with E-state index in [-0.39, 0.29) is 5.91 Å². The fourth-order valence-electron chi connectivity index (χ4n) is 3.46. The number of carbonyl (C=O) groups excluding carboxylic acids is 1. The monoisotopic (exact) mass is 441 g/mol. The molecule has 0 atom stereocenters. The molecule has 0 saturated heterocycles. The van der Waals surface area contributed by atoms with Gasteiger partial charge in [-0.3, -0.25) is 4.79 Å². The maximum atomic E-state index is 13.4. The molecule has 3 nitrogen and oxygen atoms in total. The molecule has 4 rings (SSSR count). The number of amides is 1. The maximum absolute atomic E-state index is 13.4. The molecule has 0 fully saturated rings. The summed E-state index contributed by atoms with van der Waals surface area (Å²) in [6.07, 6.45) is 0. The Bertz CT molecular complexity index is 1100. The van der Waals surface area contributed by atoms with Crippen LogP contribution in [-0.4, -0.2) is 10.8 Å². The van der Waals surface area contributed by atoms with E-state index < -0.39 is 0 Å². The van der Waals surface area contributed by atoms with E-state index in [0.29, 0.717) is 36.0 Å². The zero-order chi connectivity index (χ0) is 22.2. The highest BCUT2D eigenvalue weighted by Gasteiger charge is 2.17. The fraction of sp³-hybridized carbons (Fsp3) is 0.107. The first-order valence-corrected chi connectivity index (χ1v) is 10.9. The van der Waals surface area contributed by atoms with Crippen LogP contribution < -0.4 is 4.74 Å². The van der Waals surface area contributed by atoms with Crippen molar-refractivity contribution in [3.05, 3.63) is 136 Å². The topological polar surface area (TPSA) is 29.5 Å². The normalized spacial score (nSPS) is 10.5. The molecule has 0 spiro atoms. The number of ether oxygens (including phenoxy) is 1. The summed E-state index contributed by atoms with van der Waals surface area (Å²) in [6.45, 7) is 1.46. The van der Waals surface area contributed by atoms with Crippen LogP contribution in [0.3, 0.4) is 0 Å². The number of benzene rings is 4. The quantitative estimate of drug-likeness (QED) is 0.302. The molecule has 0 saturated carbocycles. The Hall–Kier alpha value is -3.56. The smallest absolute Gasteiger partial charge is 0.254 e. The van der Waals surface area contributed by atoms with Crippen molar-refractivity contribution in [1.29, 1.82) is 0 Å². The van der Waals surface area contributed by atoms with Gasteiger partial charge in [-0.15, -0.1) is 0 Å². The molecule has 4 aromatic carbocycles. The van der Waals surface area contributed by atoms with Crippen molar-refractivity contribution in [2.75, 3.05) is 0 Å². The minimum atomic E-state index is -0.0182. The van der Waals surface area contributed by atoms with E-state index >= 15 is 0 Å². The molecule has 0 heterocycles. The van der Waals surface area contributed by atoms with Gasteiger partial charge in [-0.1, -0.05) is 90.5 Å². The Labute approximate surface area is 193 Å². The fourth-order valence-corrected chi connectivity index (χ4v) is 3.65. The van der Waals surface area contributed by atoms with Gasteiger partial charge in [-0.05, 0) is 41.5 Å². The predicted molar refractivity (Wildman–Crippen MR) is 129 cm³/mol. The van der Waals surface area contributed by atoms with Crippen LogP contribution in [0.5, 0.6) is 5.75 Å². The average Bonchev–Trinajstić information content (AvgIpc) is 2.84. The van der Waals surface area contributed by atoms with Gasteiger partial charge in [0, 0.05) is 29.2 Å². The second kappa shape index (κ2) is 10.7. The van der Waals surface area contributed by atoms with Gasteiger partial charge in [0.1, 0.15) is 12.4 Å². The number of hydrogen-bond acceptors (Lipinski definition) is 2. The van der Waals surface area contributed by atoms with Gasteiger partial charge in [0.2, 0.25) is 0 Å². The van der Waals surface area contributed by atoms with Gasteiger partial charge in [-0.25, -0.2) is 0 Å². The standard InChI is InChI=1S/C28H24ClNO2/c29-27-14-8-7-13-25(27)21-32-26-17-15-24(16-18-26)28(31)30(19-22-9-3-1-4-10-22)20-23-11-5-2-6-12-23/h1-18H,19-21H2. The zero-order valence-corrected chi connectivity index (χ0v) is 18.4. The first kappa shape index (κ1) is 21.7. The summed E-state index contributed by atoms with van der Waals surface area (Å²) in [7, 11) is 0. The molecule has 4 heteroatoms. The molecule has 0 aliphatic heterocycles. The summed E-state index contributed by atoms with van der Waals surface area (Å²) < 4.78 is 5.85. The second-order valence-corrected chi connectivity index (χ2v) is 7.94. The van der Waals surface area contributed by atoms with Gasteiger partial charge in [-0.2, -0.15) is 0 Å². The Morgan fingerprint density at radius 2 is 1.22 bits per heavy atom. The first-order valence-electron chi connectivity index (χ1n) is 10.5. The molecule has 32 heavy (non-hydrogen) atoms. The molecular weight excluding hydrogens is 418 g/mol. The van der Waals surface area contributed by atoms with E-state index in [0.717, 1.165) is 16.7 Å². The molecule has 0 aliphatic carbocycles. The van der Waals surface area contributed by atoms with Crippen LogP contribution in [0.1, 0.15) is 27.0 Å². The van der Waals surface area contributed by atoms with Crippen LogP contribution in [0.4, 0.5) is 0 Å². The molecule has 0 aliphatic rings. The van der Waals surface area contributed by atoms with Crippen LogP contribution >= 0.6 is 11.6 Å². The van der Waals surface area contributed by atoms with Crippen LogP contribution in [0.15, 0.2) is 109 Å². The van der Waals surface area contributed by atoms with Crippen LogP contribution in [0.2, 0.25) is 5.02 Å². The van der Waals surface area contributed by atoms with Crippen molar-refractivity contribution >= 4 is 17.5 Å². The maximum Gasteiger partial charge on any atom is 0.254 e. The molecule has 0 N–H and O–H groups in total. The first-order chi connectivity index (χ1) is 15.7. The van der Waals surface area contributed by atoms with Crippen molar-refractivity contribution in [1.82, 2.24) is 4.90 Å². The van der Waals surface area contributed by atoms with Crippen molar-refractivity contribution in [3.63, 3.8) is 0 Å². The summed E-state index contributed by atoms with van der Waals surface area (Å²) >= 11 is 6.19. The molecular formula is C28H24ClNO2. The summed E-state index contributed by atoms with van der Waals surface area (Å²) in [4.78, 5) is 15.2. The lowest BCUT2D eigenvalue weighted by Crippen LogP contribution is -2.30. The summed E-state index contributed by atoms with van der Waals surface area (Å²) in [5.41, 5.74) is 3.74. The highest BCUT2D eigenvalue weighted by molar-refractivity contribution is 6.31. The highest BCUT2D eigenvalue weighted by Crippen LogP contribution is 2.20.